The number of rotatable bonds is 8. The molecule has 1 rings (SSSR count). The molecule has 0 aromatic carbocycles. The lowest BCUT2D eigenvalue weighted by Gasteiger charge is -2.44. The van der Waals surface area contributed by atoms with Gasteiger partial charge in [0, 0.05) is 40.1 Å². The summed E-state index contributed by atoms with van der Waals surface area (Å²) in [5, 5.41) is 4.86. The van der Waals surface area contributed by atoms with Crippen LogP contribution in [0.15, 0.2) is 0 Å². The topological polar surface area (TPSA) is 156 Å². The van der Waals surface area contributed by atoms with E-state index in [0.29, 0.717) is 0 Å². The van der Waals surface area contributed by atoms with Gasteiger partial charge in [-0.2, -0.15) is 0 Å². The van der Waals surface area contributed by atoms with E-state index >= 15 is 0 Å². The van der Waals surface area contributed by atoms with Gasteiger partial charge in [0.05, 0.1) is 0 Å². The zero-order chi connectivity index (χ0) is 22.8. The molecule has 0 unspecified atom stereocenters. The minimum Gasteiger partial charge on any atom is -0.463 e. The minimum atomic E-state index is -1.37. The van der Waals surface area contributed by atoms with Crippen LogP contribution in [0.4, 0.5) is 4.79 Å². The van der Waals surface area contributed by atoms with Crippen LogP contribution in [0.5, 0.6) is 0 Å². The van der Waals surface area contributed by atoms with Gasteiger partial charge in [-0.3, -0.25) is 19.2 Å². The van der Waals surface area contributed by atoms with Crippen molar-refractivity contribution in [1.82, 2.24) is 10.6 Å². The van der Waals surface area contributed by atoms with Gasteiger partial charge in [0.1, 0.15) is 12.7 Å². The fraction of sp³-hybridized carbons (Fsp3) is 0.706. The van der Waals surface area contributed by atoms with Crippen molar-refractivity contribution in [2.75, 3.05) is 19.0 Å². The minimum absolute atomic E-state index is 0.138. The van der Waals surface area contributed by atoms with Crippen LogP contribution in [0.2, 0.25) is 0 Å². The van der Waals surface area contributed by atoms with Crippen molar-refractivity contribution >= 4 is 41.5 Å². The molecule has 1 saturated heterocycles. The van der Waals surface area contributed by atoms with Crippen molar-refractivity contribution < 1.29 is 47.7 Å². The van der Waals surface area contributed by atoms with E-state index in [4.69, 9.17) is 35.3 Å². The highest BCUT2D eigenvalue weighted by molar-refractivity contribution is 6.18. The monoisotopic (exact) mass is 452 g/mol. The molecule has 30 heavy (non-hydrogen) atoms. The van der Waals surface area contributed by atoms with Crippen molar-refractivity contribution in [2.24, 2.45) is 0 Å². The molecule has 0 aromatic heterocycles. The molecule has 0 aromatic rings. The Bertz CT molecular complexity index is 658. The van der Waals surface area contributed by atoms with Crippen LogP contribution < -0.4 is 10.6 Å². The SMILES string of the molecule is CC(=O)OC[C@H]1O[C@@H](NC(=O)NCCCl)[C@@H](OC(C)=O)[C@@H](OC(C)=O)[C@@H]1OC(C)=O. The lowest BCUT2D eigenvalue weighted by atomic mass is 9.97. The predicted octanol–water partition coefficient (Wildman–Crippen LogP) is -0.392. The number of carbonyl (C=O) groups is 5. The Hall–Kier alpha value is -2.60. The van der Waals surface area contributed by atoms with Gasteiger partial charge < -0.3 is 34.3 Å². The van der Waals surface area contributed by atoms with E-state index < -0.39 is 60.6 Å². The number of hydrogen-bond acceptors (Lipinski definition) is 10. The second-order valence-electron chi connectivity index (χ2n) is 6.21. The smallest absolute Gasteiger partial charge is 0.316 e. The quantitative estimate of drug-likeness (QED) is 0.282. The van der Waals surface area contributed by atoms with Crippen LogP contribution in [-0.4, -0.2) is 79.6 Å². The normalized spacial score (nSPS) is 25.4. The Kier molecular flexibility index (Phi) is 10.3. The van der Waals surface area contributed by atoms with Gasteiger partial charge in [-0.05, 0) is 0 Å². The molecule has 0 aliphatic carbocycles. The third-order valence-electron chi connectivity index (χ3n) is 3.64. The number of nitrogens with one attached hydrogen (secondary N) is 2. The van der Waals surface area contributed by atoms with Gasteiger partial charge >= 0.3 is 29.9 Å². The Morgan fingerprint density at radius 3 is 1.87 bits per heavy atom. The summed E-state index contributed by atoms with van der Waals surface area (Å²) in [7, 11) is 0. The number of hydrogen-bond donors (Lipinski definition) is 2. The summed E-state index contributed by atoms with van der Waals surface area (Å²) in [4.78, 5) is 58.2. The molecule has 1 aliphatic rings. The van der Waals surface area contributed by atoms with Crippen LogP contribution in [0.1, 0.15) is 27.7 Å². The van der Waals surface area contributed by atoms with Crippen LogP contribution in [0, 0.1) is 0 Å². The summed E-state index contributed by atoms with van der Waals surface area (Å²) in [6.45, 7) is 4.21. The van der Waals surface area contributed by atoms with E-state index in [9.17, 15) is 24.0 Å². The van der Waals surface area contributed by atoms with Gasteiger partial charge in [-0.15, -0.1) is 11.6 Å². The van der Waals surface area contributed by atoms with Crippen molar-refractivity contribution in [3.63, 3.8) is 0 Å². The van der Waals surface area contributed by atoms with E-state index in [1.165, 1.54) is 0 Å². The first-order chi connectivity index (χ1) is 14.0. The molecule has 1 heterocycles. The largest absolute Gasteiger partial charge is 0.463 e. The molecule has 13 heteroatoms. The number of amides is 2. The molecule has 5 atom stereocenters. The third-order valence-corrected chi connectivity index (χ3v) is 3.83. The van der Waals surface area contributed by atoms with Crippen LogP contribution in [-0.2, 0) is 42.9 Å². The van der Waals surface area contributed by atoms with E-state index in [1.54, 1.807) is 0 Å². The fourth-order valence-electron chi connectivity index (χ4n) is 2.69. The zero-order valence-electron chi connectivity index (χ0n) is 17.0. The number of alkyl halides is 1. The van der Waals surface area contributed by atoms with Crippen LogP contribution in [0.25, 0.3) is 0 Å². The predicted molar refractivity (Wildman–Crippen MR) is 99.2 cm³/mol. The summed E-state index contributed by atoms with van der Waals surface area (Å²) >= 11 is 5.53. The highest BCUT2D eigenvalue weighted by Crippen LogP contribution is 2.28. The zero-order valence-corrected chi connectivity index (χ0v) is 17.7. The molecular formula is C17H25ClN2O10. The molecule has 12 nitrogen and oxygen atoms in total. The Morgan fingerprint density at radius 2 is 1.37 bits per heavy atom. The average molecular weight is 453 g/mol. The van der Waals surface area contributed by atoms with Gasteiger partial charge in [-0.1, -0.05) is 0 Å². The molecule has 0 saturated carbocycles. The maximum absolute atomic E-state index is 12.1. The second kappa shape index (κ2) is 12.2. The van der Waals surface area contributed by atoms with Crippen LogP contribution >= 0.6 is 11.6 Å². The highest BCUT2D eigenvalue weighted by atomic mass is 35.5. The van der Waals surface area contributed by atoms with Crippen molar-refractivity contribution in [1.29, 1.82) is 0 Å². The van der Waals surface area contributed by atoms with Crippen LogP contribution in [0.3, 0.4) is 0 Å². The molecule has 0 spiro atoms. The van der Waals surface area contributed by atoms with E-state index in [0.717, 1.165) is 27.7 Å². The molecule has 0 bridgehead atoms. The van der Waals surface area contributed by atoms with Gasteiger partial charge in [0.2, 0.25) is 0 Å². The van der Waals surface area contributed by atoms with Crippen molar-refractivity contribution in [3.05, 3.63) is 0 Å². The summed E-state index contributed by atoms with van der Waals surface area (Å²) < 4.78 is 26.3. The summed E-state index contributed by atoms with van der Waals surface area (Å²) in [6, 6.07) is -0.712. The van der Waals surface area contributed by atoms with Gasteiger partial charge in [0.15, 0.2) is 24.5 Å². The fourth-order valence-corrected chi connectivity index (χ4v) is 2.78. The number of esters is 4. The maximum atomic E-state index is 12.1. The maximum Gasteiger partial charge on any atom is 0.316 e. The highest BCUT2D eigenvalue weighted by Gasteiger charge is 2.52. The lowest BCUT2D eigenvalue weighted by Crippen LogP contribution is -2.66. The van der Waals surface area contributed by atoms with Crippen molar-refractivity contribution in [2.45, 2.75) is 58.3 Å². The molecule has 170 valence electrons. The molecule has 1 aliphatic heterocycles. The standard InChI is InChI=1S/C17H25ClN2O10/c1-8(21)26-7-12-13(27-9(2)22)14(28-10(3)23)15(29-11(4)24)16(30-12)20-17(25)19-6-5-18/h12-16H,5-7H2,1-4H3,(H2,19,20,25)/t12-,13-,14+,15+,16-/m1/s1. The Morgan fingerprint density at radius 1 is 0.833 bits per heavy atom. The van der Waals surface area contributed by atoms with Gasteiger partial charge in [0.25, 0.3) is 0 Å². The Balaban J connectivity index is 3.27. The molecule has 0 radical (unpaired) electrons. The first-order valence-electron chi connectivity index (χ1n) is 8.96. The molecule has 1 fully saturated rings. The third kappa shape index (κ3) is 8.41. The second-order valence-corrected chi connectivity index (χ2v) is 6.59. The first kappa shape index (κ1) is 25.4. The first-order valence-corrected chi connectivity index (χ1v) is 9.49. The number of halogens is 1. The Labute approximate surface area is 177 Å². The van der Waals surface area contributed by atoms with E-state index in [2.05, 4.69) is 10.6 Å². The molecule has 2 N–H and O–H groups in total. The van der Waals surface area contributed by atoms with Crippen molar-refractivity contribution in [3.8, 4) is 0 Å². The number of ether oxygens (including phenoxy) is 5. The molecule has 2 amide bonds. The number of urea groups is 1. The van der Waals surface area contributed by atoms with E-state index in [1.807, 2.05) is 0 Å². The van der Waals surface area contributed by atoms with Gasteiger partial charge in [-0.25, -0.2) is 4.79 Å². The van der Waals surface area contributed by atoms with E-state index in [-0.39, 0.29) is 19.0 Å². The molecular weight excluding hydrogens is 428 g/mol. The summed E-state index contributed by atoms with van der Waals surface area (Å²) in [5.74, 6) is -2.79. The summed E-state index contributed by atoms with van der Waals surface area (Å²) in [5.41, 5.74) is 0. The number of carbonyl (C=O) groups excluding carboxylic acids is 5. The lowest BCUT2D eigenvalue weighted by molar-refractivity contribution is -0.255. The summed E-state index contributed by atoms with van der Waals surface area (Å²) in [6.07, 6.45) is -6.50. The average Bonchev–Trinajstić information content (AvgIpc) is 2.62.